The van der Waals surface area contributed by atoms with Crippen molar-refractivity contribution >= 4 is 23.7 Å². The average molecular weight is 381 g/mol. The van der Waals surface area contributed by atoms with Crippen LogP contribution in [-0.2, 0) is 10.5 Å². The lowest BCUT2D eigenvalue weighted by Gasteiger charge is -2.07. The van der Waals surface area contributed by atoms with Gasteiger partial charge in [0, 0.05) is 29.7 Å². The van der Waals surface area contributed by atoms with Crippen molar-refractivity contribution in [2.45, 2.75) is 12.4 Å². The molecule has 0 radical (unpaired) electrons. The summed E-state index contributed by atoms with van der Waals surface area (Å²) in [6.07, 6.45) is 2.68. The molecule has 0 saturated heterocycles. The maximum Gasteiger partial charge on any atom is 0.387 e. The van der Waals surface area contributed by atoms with Crippen LogP contribution in [0.5, 0.6) is 5.75 Å². The van der Waals surface area contributed by atoms with Crippen molar-refractivity contribution in [2.75, 3.05) is 12.3 Å². The van der Waals surface area contributed by atoms with Crippen LogP contribution in [0.3, 0.4) is 0 Å². The molecule has 2 rings (SSSR count). The van der Waals surface area contributed by atoms with Crippen LogP contribution in [-0.4, -0.2) is 24.8 Å². The van der Waals surface area contributed by atoms with E-state index in [4.69, 9.17) is 0 Å². The molecule has 0 spiro atoms. The summed E-state index contributed by atoms with van der Waals surface area (Å²) in [6, 6.07) is 12.8. The van der Waals surface area contributed by atoms with Crippen LogP contribution in [0.15, 0.2) is 54.6 Å². The second-order valence-corrected chi connectivity index (χ2v) is 6.29. The lowest BCUT2D eigenvalue weighted by atomic mass is 10.2. The van der Waals surface area contributed by atoms with Gasteiger partial charge in [0.25, 0.3) is 0 Å². The first-order valence-corrected chi connectivity index (χ1v) is 9.02. The Hall–Kier alpha value is -2.41. The lowest BCUT2D eigenvalue weighted by Crippen LogP contribution is -2.23. The number of carbonyl (C=O) groups is 1. The minimum absolute atomic E-state index is 0.00648. The zero-order valence-corrected chi connectivity index (χ0v) is 14.6. The van der Waals surface area contributed by atoms with Crippen molar-refractivity contribution in [3.05, 3.63) is 71.6 Å². The van der Waals surface area contributed by atoms with Crippen LogP contribution >= 0.6 is 11.8 Å². The fourth-order valence-electron chi connectivity index (χ4n) is 2.09. The third kappa shape index (κ3) is 6.84. The molecule has 0 aliphatic rings. The topological polar surface area (TPSA) is 38.3 Å². The van der Waals surface area contributed by atoms with Gasteiger partial charge < -0.3 is 10.1 Å². The van der Waals surface area contributed by atoms with Crippen LogP contribution in [0.1, 0.15) is 11.1 Å². The van der Waals surface area contributed by atoms with Crippen molar-refractivity contribution in [1.82, 2.24) is 5.32 Å². The summed E-state index contributed by atoms with van der Waals surface area (Å²) in [5.74, 6) is 0.572. The monoisotopic (exact) mass is 381 g/mol. The maximum absolute atomic E-state index is 13.5. The van der Waals surface area contributed by atoms with E-state index in [-0.39, 0.29) is 17.5 Å². The third-order valence-corrected chi connectivity index (χ3v) is 4.32. The van der Waals surface area contributed by atoms with Gasteiger partial charge in [-0.2, -0.15) is 20.5 Å². The average Bonchev–Trinajstić information content (AvgIpc) is 2.61. The molecule has 0 unspecified atom stereocenters. The van der Waals surface area contributed by atoms with E-state index in [1.165, 1.54) is 36.0 Å². The minimum atomic E-state index is -2.93. The van der Waals surface area contributed by atoms with Gasteiger partial charge in [0.15, 0.2) is 0 Å². The third-order valence-electron chi connectivity index (χ3n) is 3.31. The summed E-state index contributed by atoms with van der Waals surface area (Å²) in [4.78, 5) is 11.8. The quantitative estimate of drug-likeness (QED) is 0.514. The number of halogens is 3. The van der Waals surface area contributed by atoms with Crippen LogP contribution < -0.4 is 10.1 Å². The van der Waals surface area contributed by atoms with Gasteiger partial charge in [-0.25, -0.2) is 4.39 Å². The number of carbonyl (C=O) groups excluding carboxylic acids is 1. The predicted octanol–water partition coefficient (Wildman–Crippen LogP) is 4.49. The molecule has 0 aromatic heterocycles. The van der Waals surface area contributed by atoms with E-state index >= 15 is 0 Å². The second-order valence-electron chi connectivity index (χ2n) is 5.18. The molecule has 0 fully saturated rings. The number of amides is 1. The highest BCUT2D eigenvalue weighted by atomic mass is 32.2. The number of hydrogen-bond donors (Lipinski definition) is 1. The van der Waals surface area contributed by atoms with Crippen molar-refractivity contribution in [3.8, 4) is 5.75 Å². The molecule has 2 aromatic carbocycles. The molecule has 26 heavy (non-hydrogen) atoms. The highest BCUT2D eigenvalue weighted by molar-refractivity contribution is 7.98. The van der Waals surface area contributed by atoms with Gasteiger partial charge in [-0.3, -0.25) is 4.79 Å². The van der Waals surface area contributed by atoms with Gasteiger partial charge in [0.1, 0.15) is 11.6 Å². The molecular weight excluding hydrogens is 363 g/mol. The molecule has 3 nitrogen and oxygen atoms in total. The van der Waals surface area contributed by atoms with E-state index in [9.17, 15) is 18.0 Å². The highest BCUT2D eigenvalue weighted by Gasteiger charge is 2.07. The number of thioether (sulfide) groups is 1. The fourth-order valence-corrected chi connectivity index (χ4v) is 2.93. The smallest absolute Gasteiger partial charge is 0.387 e. The zero-order valence-electron chi connectivity index (χ0n) is 13.8. The first-order chi connectivity index (χ1) is 12.6. The number of benzene rings is 2. The summed E-state index contributed by atoms with van der Waals surface area (Å²) in [5.41, 5.74) is 1.01. The molecule has 0 heterocycles. The van der Waals surface area contributed by atoms with Crippen molar-refractivity contribution in [1.29, 1.82) is 0 Å². The zero-order chi connectivity index (χ0) is 18.8. The first kappa shape index (κ1) is 19.9. The van der Waals surface area contributed by atoms with Crippen molar-refractivity contribution in [2.24, 2.45) is 0 Å². The van der Waals surface area contributed by atoms with Gasteiger partial charge in [0.2, 0.25) is 5.91 Å². The summed E-state index contributed by atoms with van der Waals surface area (Å²) in [5, 5.41) is 2.68. The molecular formula is C19H18F3NO2S. The molecule has 1 N–H and O–H groups in total. The van der Waals surface area contributed by atoms with E-state index in [1.807, 2.05) is 0 Å². The minimum Gasteiger partial charge on any atom is -0.434 e. The number of alkyl halides is 2. The van der Waals surface area contributed by atoms with E-state index in [0.29, 0.717) is 29.2 Å². The maximum atomic E-state index is 13.5. The molecule has 2 aromatic rings. The lowest BCUT2D eigenvalue weighted by molar-refractivity contribution is -0.116. The van der Waals surface area contributed by atoms with Gasteiger partial charge in [-0.15, -0.1) is 0 Å². The molecule has 0 aliphatic carbocycles. The second kappa shape index (κ2) is 10.6. The first-order valence-electron chi connectivity index (χ1n) is 7.87. The Bertz CT molecular complexity index is 753. The Morgan fingerprint density at radius 3 is 2.65 bits per heavy atom. The fraction of sp³-hybridized carbons (Fsp3) is 0.211. The van der Waals surface area contributed by atoms with E-state index < -0.39 is 6.61 Å². The molecule has 0 atom stereocenters. The van der Waals surface area contributed by atoms with E-state index in [2.05, 4.69) is 10.1 Å². The summed E-state index contributed by atoms with van der Waals surface area (Å²) >= 11 is 1.50. The molecule has 138 valence electrons. The van der Waals surface area contributed by atoms with Gasteiger partial charge in [-0.05, 0) is 23.8 Å². The Balaban J connectivity index is 1.74. The van der Waals surface area contributed by atoms with Gasteiger partial charge in [-0.1, -0.05) is 36.4 Å². The highest BCUT2D eigenvalue weighted by Crippen LogP contribution is 2.21. The number of para-hydroxylation sites is 1. The standard InChI is InChI=1S/C19H18F3NO2S/c20-16-7-3-1-6-15(16)13-26-12-11-23-18(24)10-9-14-5-2-4-8-17(14)25-19(21)22/h1-10,19H,11-13H2,(H,23,24)/b10-9+. The molecule has 0 bridgehead atoms. The van der Waals surface area contributed by atoms with Crippen LogP contribution in [0.2, 0.25) is 0 Å². The summed E-state index contributed by atoms with van der Waals surface area (Å²) < 4.78 is 42.5. The number of rotatable bonds is 9. The van der Waals surface area contributed by atoms with E-state index in [1.54, 1.807) is 36.4 Å². The Morgan fingerprint density at radius 2 is 1.88 bits per heavy atom. The summed E-state index contributed by atoms with van der Waals surface area (Å²) in [6.45, 7) is -2.51. The largest absolute Gasteiger partial charge is 0.434 e. The number of ether oxygens (including phenoxy) is 1. The van der Waals surface area contributed by atoms with Crippen molar-refractivity contribution < 1.29 is 22.7 Å². The molecule has 0 saturated carbocycles. The van der Waals surface area contributed by atoms with E-state index in [0.717, 1.165) is 0 Å². The normalized spacial score (nSPS) is 11.1. The van der Waals surface area contributed by atoms with Crippen LogP contribution in [0.25, 0.3) is 6.08 Å². The van der Waals surface area contributed by atoms with Gasteiger partial charge >= 0.3 is 6.61 Å². The van der Waals surface area contributed by atoms with Crippen molar-refractivity contribution in [3.63, 3.8) is 0 Å². The number of nitrogens with one attached hydrogen (secondary N) is 1. The van der Waals surface area contributed by atoms with Crippen LogP contribution in [0, 0.1) is 5.82 Å². The molecule has 7 heteroatoms. The van der Waals surface area contributed by atoms with Crippen LogP contribution in [0.4, 0.5) is 13.2 Å². The SMILES string of the molecule is O=C(/C=C/c1ccccc1OC(F)F)NCCSCc1ccccc1F. The summed E-state index contributed by atoms with van der Waals surface area (Å²) in [7, 11) is 0. The van der Waals surface area contributed by atoms with Gasteiger partial charge in [0.05, 0.1) is 0 Å². The predicted molar refractivity (Wildman–Crippen MR) is 97.7 cm³/mol. The number of hydrogen-bond acceptors (Lipinski definition) is 3. The Kier molecular flexibility index (Phi) is 8.08. The Morgan fingerprint density at radius 1 is 1.15 bits per heavy atom. The molecule has 1 amide bonds. The molecule has 0 aliphatic heterocycles. The Labute approximate surface area is 154 Å².